The maximum absolute atomic E-state index is 12.2. The molecule has 0 bridgehead atoms. The maximum atomic E-state index is 12.2. The first-order chi connectivity index (χ1) is 10.0. The third kappa shape index (κ3) is 2.75. The van der Waals surface area contributed by atoms with Crippen LogP contribution in [0, 0.1) is 13.8 Å². The smallest absolute Gasteiger partial charge is 0.205 e. The van der Waals surface area contributed by atoms with Crippen molar-refractivity contribution in [2.45, 2.75) is 20.3 Å². The van der Waals surface area contributed by atoms with E-state index >= 15 is 0 Å². The molecule has 0 spiro atoms. The van der Waals surface area contributed by atoms with Gasteiger partial charge in [-0.15, -0.1) is 21.5 Å². The van der Waals surface area contributed by atoms with Crippen molar-refractivity contribution in [3.05, 3.63) is 55.8 Å². The molecule has 0 N–H and O–H groups in total. The lowest BCUT2D eigenvalue weighted by Gasteiger charge is -2.02. The summed E-state index contributed by atoms with van der Waals surface area (Å²) >= 11 is 1.36. The Labute approximate surface area is 124 Å². The molecular weight excluding hydrogens is 288 g/mol. The SMILES string of the molecule is Cc1ccc2c(=O)cc(C(=O)Cc3nnc(C)s3)oc2c1. The summed E-state index contributed by atoms with van der Waals surface area (Å²) in [5, 5.41) is 9.66. The monoisotopic (exact) mass is 300 g/mol. The molecule has 0 atom stereocenters. The van der Waals surface area contributed by atoms with Gasteiger partial charge in [0.2, 0.25) is 5.78 Å². The van der Waals surface area contributed by atoms with Gasteiger partial charge in [0.05, 0.1) is 11.8 Å². The number of benzene rings is 1. The first-order valence-corrected chi connectivity index (χ1v) is 7.21. The second kappa shape index (κ2) is 5.21. The molecule has 1 aromatic carbocycles. The maximum Gasteiger partial charge on any atom is 0.205 e. The number of ketones is 1. The number of carbonyl (C=O) groups is 1. The second-order valence-electron chi connectivity index (χ2n) is 4.79. The van der Waals surface area contributed by atoms with Crippen molar-refractivity contribution in [3.63, 3.8) is 0 Å². The number of Topliss-reactive ketones (excluding diaryl/α,β-unsaturated/α-hetero) is 1. The van der Waals surface area contributed by atoms with Crippen LogP contribution in [-0.2, 0) is 6.42 Å². The van der Waals surface area contributed by atoms with Gasteiger partial charge >= 0.3 is 0 Å². The van der Waals surface area contributed by atoms with E-state index in [9.17, 15) is 9.59 Å². The quantitative estimate of drug-likeness (QED) is 0.695. The van der Waals surface area contributed by atoms with Crippen LogP contribution >= 0.6 is 11.3 Å². The van der Waals surface area contributed by atoms with Crippen molar-refractivity contribution < 1.29 is 9.21 Å². The predicted octanol–water partition coefficient (Wildman–Crippen LogP) is 2.69. The lowest BCUT2D eigenvalue weighted by molar-refractivity contribution is 0.0966. The van der Waals surface area contributed by atoms with E-state index in [0.29, 0.717) is 16.0 Å². The van der Waals surface area contributed by atoms with Crippen molar-refractivity contribution in [2.24, 2.45) is 0 Å². The normalized spacial score (nSPS) is 11.0. The summed E-state index contributed by atoms with van der Waals surface area (Å²) in [5.74, 6) is -0.211. The molecule has 106 valence electrons. The summed E-state index contributed by atoms with van der Waals surface area (Å²) in [7, 11) is 0. The van der Waals surface area contributed by atoms with E-state index in [1.54, 1.807) is 12.1 Å². The van der Waals surface area contributed by atoms with Crippen LogP contribution in [0.4, 0.5) is 0 Å². The highest BCUT2D eigenvalue weighted by Crippen LogP contribution is 2.16. The largest absolute Gasteiger partial charge is 0.453 e. The van der Waals surface area contributed by atoms with E-state index in [0.717, 1.165) is 10.6 Å². The van der Waals surface area contributed by atoms with Crippen LogP contribution in [-0.4, -0.2) is 16.0 Å². The minimum absolute atomic E-state index is 0.0611. The molecule has 5 nitrogen and oxygen atoms in total. The second-order valence-corrected chi connectivity index (χ2v) is 6.06. The Kier molecular flexibility index (Phi) is 3.39. The average molecular weight is 300 g/mol. The summed E-state index contributed by atoms with van der Waals surface area (Å²) in [4.78, 5) is 24.2. The molecule has 2 aromatic heterocycles. The zero-order valence-electron chi connectivity index (χ0n) is 11.5. The third-order valence-corrected chi connectivity index (χ3v) is 3.88. The van der Waals surface area contributed by atoms with Gasteiger partial charge in [-0.2, -0.15) is 0 Å². The molecule has 3 aromatic rings. The van der Waals surface area contributed by atoms with E-state index in [2.05, 4.69) is 10.2 Å². The Morgan fingerprint density at radius 2 is 2.05 bits per heavy atom. The van der Waals surface area contributed by atoms with Crippen molar-refractivity contribution in [2.75, 3.05) is 0 Å². The van der Waals surface area contributed by atoms with E-state index in [4.69, 9.17) is 4.42 Å². The summed E-state index contributed by atoms with van der Waals surface area (Å²) < 4.78 is 5.57. The number of hydrogen-bond acceptors (Lipinski definition) is 6. The first-order valence-electron chi connectivity index (χ1n) is 6.39. The van der Waals surface area contributed by atoms with E-state index in [-0.39, 0.29) is 23.4 Å². The Morgan fingerprint density at radius 3 is 2.76 bits per heavy atom. The molecule has 0 saturated carbocycles. The molecule has 0 aliphatic heterocycles. The number of fused-ring (bicyclic) bond motifs is 1. The van der Waals surface area contributed by atoms with Gasteiger partial charge in [-0.1, -0.05) is 6.07 Å². The molecule has 0 radical (unpaired) electrons. The summed E-state index contributed by atoms with van der Waals surface area (Å²) in [6.45, 7) is 3.72. The zero-order chi connectivity index (χ0) is 15.0. The Bertz CT molecular complexity index is 895. The van der Waals surface area contributed by atoms with Gasteiger partial charge in [0.15, 0.2) is 11.2 Å². The minimum Gasteiger partial charge on any atom is -0.453 e. The fourth-order valence-corrected chi connectivity index (χ4v) is 2.74. The number of aryl methyl sites for hydroxylation is 2. The van der Waals surface area contributed by atoms with Crippen molar-refractivity contribution >= 4 is 28.1 Å². The van der Waals surface area contributed by atoms with Gasteiger partial charge < -0.3 is 4.42 Å². The lowest BCUT2D eigenvalue weighted by Crippen LogP contribution is -2.09. The van der Waals surface area contributed by atoms with Crippen molar-refractivity contribution in [1.29, 1.82) is 0 Å². The first kappa shape index (κ1) is 13.6. The summed E-state index contributed by atoms with van der Waals surface area (Å²) in [6, 6.07) is 6.54. The van der Waals surface area contributed by atoms with Crippen LogP contribution in [0.1, 0.15) is 26.1 Å². The Hall–Kier alpha value is -2.34. The average Bonchev–Trinajstić information content (AvgIpc) is 2.83. The van der Waals surface area contributed by atoms with Crippen molar-refractivity contribution in [1.82, 2.24) is 10.2 Å². The van der Waals surface area contributed by atoms with Gasteiger partial charge in [0, 0.05) is 6.07 Å². The van der Waals surface area contributed by atoms with Gasteiger partial charge in [-0.25, -0.2) is 0 Å². The zero-order valence-corrected chi connectivity index (χ0v) is 12.4. The van der Waals surface area contributed by atoms with Crippen LogP contribution in [0.2, 0.25) is 0 Å². The number of carbonyl (C=O) groups excluding carboxylic acids is 1. The molecular formula is C15H12N2O3S. The molecule has 0 saturated heterocycles. The topological polar surface area (TPSA) is 73.1 Å². The third-order valence-electron chi connectivity index (χ3n) is 3.04. The van der Waals surface area contributed by atoms with Gasteiger partial charge in [0.1, 0.15) is 15.6 Å². The summed E-state index contributed by atoms with van der Waals surface area (Å²) in [5.41, 5.74) is 1.18. The number of rotatable bonds is 3. The molecule has 0 amide bonds. The van der Waals surface area contributed by atoms with Crippen LogP contribution in [0.15, 0.2) is 33.5 Å². The highest BCUT2D eigenvalue weighted by Gasteiger charge is 2.15. The molecule has 21 heavy (non-hydrogen) atoms. The highest BCUT2D eigenvalue weighted by molar-refractivity contribution is 7.11. The van der Waals surface area contributed by atoms with E-state index in [1.165, 1.54) is 17.4 Å². The van der Waals surface area contributed by atoms with Gasteiger partial charge in [-0.05, 0) is 31.5 Å². The standard InChI is InChI=1S/C15H12N2O3S/c1-8-3-4-10-11(18)6-14(20-13(10)5-8)12(19)7-15-17-16-9(2)21-15/h3-6H,7H2,1-2H3. The molecule has 2 heterocycles. The van der Waals surface area contributed by atoms with Crippen LogP contribution < -0.4 is 5.43 Å². The molecule has 0 aliphatic carbocycles. The predicted molar refractivity (Wildman–Crippen MR) is 79.9 cm³/mol. The molecule has 6 heteroatoms. The lowest BCUT2D eigenvalue weighted by atomic mass is 10.1. The molecule has 0 fully saturated rings. The molecule has 3 rings (SSSR count). The van der Waals surface area contributed by atoms with Gasteiger partial charge in [-0.3, -0.25) is 9.59 Å². The number of nitrogens with zero attached hydrogens (tertiary/aromatic N) is 2. The van der Waals surface area contributed by atoms with E-state index in [1.807, 2.05) is 19.9 Å². The van der Waals surface area contributed by atoms with Crippen LogP contribution in [0.5, 0.6) is 0 Å². The number of aromatic nitrogens is 2. The fourth-order valence-electron chi connectivity index (χ4n) is 2.03. The van der Waals surface area contributed by atoms with Gasteiger partial charge in [0.25, 0.3) is 0 Å². The molecule has 0 aliphatic rings. The Morgan fingerprint density at radius 1 is 1.24 bits per heavy atom. The number of hydrogen-bond donors (Lipinski definition) is 0. The molecule has 0 unspecified atom stereocenters. The van der Waals surface area contributed by atoms with E-state index < -0.39 is 0 Å². The fraction of sp³-hybridized carbons (Fsp3) is 0.200. The minimum atomic E-state index is -0.272. The highest BCUT2D eigenvalue weighted by atomic mass is 32.1. The van der Waals surface area contributed by atoms with Crippen LogP contribution in [0.3, 0.4) is 0 Å². The Balaban J connectivity index is 2.00. The summed E-state index contributed by atoms with van der Waals surface area (Å²) in [6.07, 6.45) is 0.0891. The van der Waals surface area contributed by atoms with Crippen LogP contribution in [0.25, 0.3) is 11.0 Å². The van der Waals surface area contributed by atoms with Crippen molar-refractivity contribution in [3.8, 4) is 0 Å².